The first-order valence-electron chi connectivity index (χ1n) is 7.45. The highest BCUT2D eigenvalue weighted by atomic mass is 32.2. The summed E-state index contributed by atoms with van der Waals surface area (Å²) in [5, 5.41) is 6.09. The number of guanidine groups is 1. The van der Waals surface area contributed by atoms with Gasteiger partial charge < -0.3 is 10.6 Å². The molecule has 0 spiro atoms. The fourth-order valence-electron chi connectivity index (χ4n) is 1.90. The lowest BCUT2D eigenvalue weighted by atomic mass is 10.1. The average Bonchev–Trinajstić information content (AvgIpc) is 2.44. The molecule has 7 heteroatoms. The van der Waals surface area contributed by atoms with Crippen molar-refractivity contribution >= 4 is 16.8 Å². The van der Waals surface area contributed by atoms with Crippen molar-refractivity contribution in [2.75, 3.05) is 19.3 Å². The first-order chi connectivity index (χ1) is 10.6. The van der Waals surface area contributed by atoms with E-state index in [4.69, 9.17) is 0 Å². The van der Waals surface area contributed by atoms with Gasteiger partial charge in [0.2, 0.25) is 0 Å². The lowest BCUT2D eigenvalue weighted by Gasteiger charge is -2.20. The third kappa shape index (κ3) is 6.25. The van der Waals surface area contributed by atoms with Crippen molar-refractivity contribution < 1.29 is 13.0 Å². The summed E-state index contributed by atoms with van der Waals surface area (Å²) >= 11 is 0. The van der Waals surface area contributed by atoms with Gasteiger partial charge in [-0.1, -0.05) is 6.07 Å². The van der Waals surface area contributed by atoms with Crippen molar-refractivity contribution in [3.05, 3.63) is 35.4 Å². The SMILES string of the molecule is CN=C(NCCS(=O)C(C)(C)C)NC(C)c1ccc(F)cc1F. The monoisotopic (exact) mass is 345 g/mol. The number of benzene rings is 1. The smallest absolute Gasteiger partial charge is 0.191 e. The fourth-order valence-corrected chi connectivity index (χ4v) is 2.80. The van der Waals surface area contributed by atoms with Gasteiger partial charge in [-0.3, -0.25) is 9.20 Å². The van der Waals surface area contributed by atoms with Gasteiger partial charge in [-0.15, -0.1) is 0 Å². The number of aliphatic imine (C=N–C) groups is 1. The van der Waals surface area contributed by atoms with Crippen LogP contribution in [-0.4, -0.2) is 34.3 Å². The Bertz CT molecular complexity index is 585. The molecule has 0 aliphatic rings. The molecule has 23 heavy (non-hydrogen) atoms. The second kappa shape index (κ2) is 8.38. The molecule has 0 fully saturated rings. The first-order valence-corrected chi connectivity index (χ1v) is 8.77. The summed E-state index contributed by atoms with van der Waals surface area (Å²) in [5.41, 5.74) is 0.354. The summed E-state index contributed by atoms with van der Waals surface area (Å²) < 4.78 is 38.4. The van der Waals surface area contributed by atoms with Crippen LogP contribution in [0.5, 0.6) is 0 Å². The van der Waals surface area contributed by atoms with Gasteiger partial charge in [-0.05, 0) is 33.8 Å². The van der Waals surface area contributed by atoms with Gasteiger partial charge in [0.05, 0.1) is 6.04 Å². The van der Waals surface area contributed by atoms with E-state index in [1.807, 2.05) is 20.8 Å². The van der Waals surface area contributed by atoms with E-state index in [-0.39, 0.29) is 10.8 Å². The number of rotatable bonds is 5. The fraction of sp³-hybridized carbons (Fsp3) is 0.562. The van der Waals surface area contributed by atoms with Crippen LogP contribution in [0.25, 0.3) is 0 Å². The zero-order valence-electron chi connectivity index (χ0n) is 14.2. The third-order valence-electron chi connectivity index (χ3n) is 3.27. The molecule has 1 rings (SSSR count). The van der Waals surface area contributed by atoms with Crippen LogP contribution in [0.1, 0.15) is 39.3 Å². The Hall–Kier alpha value is -1.50. The minimum Gasteiger partial charge on any atom is -0.355 e. The molecule has 0 saturated carbocycles. The predicted molar refractivity (Wildman–Crippen MR) is 92.0 cm³/mol. The van der Waals surface area contributed by atoms with E-state index in [2.05, 4.69) is 15.6 Å². The normalized spacial score (nSPS) is 15.2. The number of nitrogens with zero attached hydrogens (tertiary/aromatic N) is 1. The molecule has 0 saturated heterocycles. The van der Waals surface area contributed by atoms with Gasteiger partial charge in [0.1, 0.15) is 11.6 Å². The largest absolute Gasteiger partial charge is 0.355 e. The molecule has 4 nitrogen and oxygen atoms in total. The standard InChI is InChI=1S/C16H25F2N3OS/c1-11(13-7-6-12(17)10-14(13)18)21-15(19-5)20-8-9-23(22)16(2,3)4/h6-7,10-11H,8-9H2,1-5H3,(H2,19,20,21). The molecule has 2 atom stereocenters. The molecule has 130 valence electrons. The molecule has 0 aliphatic heterocycles. The molecular formula is C16H25F2N3OS. The summed E-state index contributed by atoms with van der Waals surface area (Å²) in [4.78, 5) is 4.06. The lowest BCUT2D eigenvalue weighted by molar-refractivity contribution is 0.551. The van der Waals surface area contributed by atoms with E-state index < -0.39 is 22.4 Å². The molecule has 0 aromatic heterocycles. The van der Waals surface area contributed by atoms with Crippen molar-refractivity contribution in [2.24, 2.45) is 4.99 Å². The Morgan fingerprint density at radius 3 is 2.52 bits per heavy atom. The maximum absolute atomic E-state index is 13.8. The number of nitrogens with one attached hydrogen (secondary N) is 2. The van der Waals surface area contributed by atoms with Gasteiger partial charge in [-0.2, -0.15) is 0 Å². The summed E-state index contributed by atoms with van der Waals surface area (Å²) in [6.07, 6.45) is 0. The zero-order chi connectivity index (χ0) is 17.6. The van der Waals surface area contributed by atoms with Gasteiger partial charge >= 0.3 is 0 Å². The quantitative estimate of drug-likeness (QED) is 0.637. The van der Waals surface area contributed by atoms with E-state index >= 15 is 0 Å². The molecule has 2 N–H and O–H groups in total. The van der Waals surface area contributed by atoms with Crippen molar-refractivity contribution in [3.8, 4) is 0 Å². The zero-order valence-corrected chi connectivity index (χ0v) is 15.1. The molecule has 0 aliphatic carbocycles. The highest BCUT2D eigenvalue weighted by molar-refractivity contribution is 7.86. The van der Waals surface area contributed by atoms with E-state index in [1.165, 1.54) is 12.1 Å². The van der Waals surface area contributed by atoms with Crippen molar-refractivity contribution in [1.82, 2.24) is 10.6 Å². The number of halogens is 2. The molecule has 0 bridgehead atoms. The van der Waals surface area contributed by atoms with Crippen LogP contribution in [0.2, 0.25) is 0 Å². The van der Waals surface area contributed by atoms with Crippen LogP contribution in [0.3, 0.4) is 0 Å². The summed E-state index contributed by atoms with van der Waals surface area (Å²) in [6.45, 7) is 8.03. The predicted octanol–water partition coefficient (Wildman–Crippen LogP) is 2.74. The molecular weight excluding hydrogens is 320 g/mol. The number of hydrogen-bond acceptors (Lipinski definition) is 2. The van der Waals surface area contributed by atoms with Crippen molar-refractivity contribution in [2.45, 2.75) is 38.5 Å². The van der Waals surface area contributed by atoms with Crippen LogP contribution in [-0.2, 0) is 10.8 Å². The van der Waals surface area contributed by atoms with Gasteiger partial charge in [-0.25, -0.2) is 8.78 Å². The lowest BCUT2D eigenvalue weighted by Crippen LogP contribution is -2.41. The summed E-state index contributed by atoms with van der Waals surface area (Å²) in [6, 6.07) is 3.11. The molecule has 0 heterocycles. The van der Waals surface area contributed by atoms with Crippen LogP contribution >= 0.6 is 0 Å². The molecule has 1 aromatic carbocycles. The first kappa shape index (κ1) is 19.5. The minimum atomic E-state index is -0.958. The Morgan fingerprint density at radius 1 is 1.35 bits per heavy atom. The van der Waals surface area contributed by atoms with Gasteiger partial charge in [0.25, 0.3) is 0 Å². The van der Waals surface area contributed by atoms with Crippen molar-refractivity contribution in [1.29, 1.82) is 0 Å². The van der Waals surface area contributed by atoms with E-state index in [0.29, 0.717) is 23.8 Å². The second-order valence-electron chi connectivity index (χ2n) is 6.19. The molecule has 2 unspecified atom stereocenters. The molecule has 0 amide bonds. The van der Waals surface area contributed by atoms with Gasteiger partial charge in [0.15, 0.2) is 5.96 Å². The average molecular weight is 345 g/mol. The van der Waals surface area contributed by atoms with Crippen LogP contribution < -0.4 is 10.6 Å². The Kier molecular flexibility index (Phi) is 7.12. The second-order valence-corrected chi connectivity index (χ2v) is 8.52. The Labute approximate surface area is 139 Å². The highest BCUT2D eigenvalue weighted by Crippen LogP contribution is 2.17. The van der Waals surface area contributed by atoms with Gasteiger partial charge in [0, 0.05) is 46.5 Å². The summed E-state index contributed by atoms with van der Waals surface area (Å²) in [7, 11) is 0.643. The topological polar surface area (TPSA) is 53.5 Å². The van der Waals surface area contributed by atoms with Crippen molar-refractivity contribution in [3.63, 3.8) is 0 Å². The Morgan fingerprint density at radius 2 is 2.00 bits per heavy atom. The maximum atomic E-state index is 13.8. The molecule has 0 radical (unpaired) electrons. The van der Waals surface area contributed by atoms with Crippen LogP contribution in [0.15, 0.2) is 23.2 Å². The molecule has 1 aromatic rings. The van der Waals surface area contributed by atoms with E-state index in [9.17, 15) is 13.0 Å². The minimum absolute atomic E-state index is 0.261. The van der Waals surface area contributed by atoms with Crippen LogP contribution in [0, 0.1) is 11.6 Å². The highest BCUT2D eigenvalue weighted by Gasteiger charge is 2.19. The Balaban J connectivity index is 2.58. The van der Waals surface area contributed by atoms with E-state index in [1.54, 1.807) is 14.0 Å². The third-order valence-corrected chi connectivity index (χ3v) is 5.21. The summed E-state index contributed by atoms with van der Waals surface area (Å²) in [5.74, 6) is -0.240. The van der Waals surface area contributed by atoms with E-state index in [0.717, 1.165) is 6.07 Å². The van der Waals surface area contributed by atoms with Crippen LogP contribution in [0.4, 0.5) is 8.78 Å². The maximum Gasteiger partial charge on any atom is 0.191 e. The number of hydrogen-bond donors (Lipinski definition) is 2.